The maximum absolute atomic E-state index is 12.5. The minimum absolute atomic E-state index is 0.100. The van der Waals surface area contributed by atoms with Crippen LogP contribution in [0.2, 0.25) is 0 Å². The van der Waals surface area contributed by atoms with Crippen molar-refractivity contribution in [2.75, 3.05) is 6.54 Å². The van der Waals surface area contributed by atoms with Gasteiger partial charge in [0.1, 0.15) is 11.5 Å². The van der Waals surface area contributed by atoms with Crippen LogP contribution in [0.1, 0.15) is 27.8 Å². The zero-order valence-electron chi connectivity index (χ0n) is 13.3. The fraction of sp³-hybridized carbons (Fsp3) is 0.158. The smallest absolute Gasteiger partial charge is 0.255 e. The molecule has 3 aromatic rings. The highest BCUT2D eigenvalue weighted by Gasteiger charge is 2.19. The van der Waals surface area contributed by atoms with Crippen molar-refractivity contribution >= 4 is 5.91 Å². The second kappa shape index (κ2) is 7.10. The van der Waals surface area contributed by atoms with Crippen LogP contribution in [0.15, 0.2) is 65.3 Å². The van der Waals surface area contributed by atoms with E-state index in [-0.39, 0.29) is 12.5 Å². The lowest BCUT2D eigenvalue weighted by Gasteiger charge is -2.11. The van der Waals surface area contributed by atoms with Crippen molar-refractivity contribution < 1.29 is 14.3 Å². The van der Waals surface area contributed by atoms with Gasteiger partial charge in [-0.3, -0.25) is 9.78 Å². The van der Waals surface area contributed by atoms with E-state index in [0.717, 1.165) is 5.56 Å². The van der Waals surface area contributed by atoms with Gasteiger partial charge >= 0.3 is 0 Å². The highest BCUT2D eigenvalue weighted by Crippen LogP contribution is 2.27. The van der Waals surface area contributed by atoms with Gasteiger partial charge in [0.25, 0.3) is 5.91 Å². The summed E-state index contributed by atoms with van der Waals surface area (Å²) in [5.41, 5.74) is 1.95. The molecule has 0 aliphatic carbocycles. The van der Waals surface area contributed by atoms with Crippen LogP contribution in [0, 0.1) is 6.92 Å². The third kappa shape index (κ3) is 3.52. The Morgan fingerprint density at radius 2 is 2.04 bits per heavy atom. The molecule has 1 amide bonds. The molecule has 0 saturated carbocycles. The van der Waals surface area contributed by atoms with E-state index >= 15 is 0 Å². The molecule has 2 aromatic heterocycles. The van der Waals surface area contributed by atoms with Crippen molar-refractivity contribution in [1.29, 1.82) is 0 Å². The fourth-order valence-corrected chi connectivity index (χ4v) is 2.46. The second-order valence-electron chi connectivity index (χ2n) is 5.48. The SMILES string of the molecule is Cc1cc(C(=O)NCC(O)c2cccnc2)c(-c2ccccc2)o1. The summed E-state index contributed by atoms with van der Waals surface area (Å²) < 4.78 is 5.68. The van der Waals surface area contributed by atoms with Gasteiger partial charge in [0.2, 0.25) is 0 Å². The number of carbonyl (C=O) groups is 1. The molecule has 0 fully saturated rings. The van der Waals surface area contributed by atoms with Crippen LogP contribution < -0.4 is 5.32 Å². The predicted molar refractivity (Wildman–Crippen MR) is 90.4 cm³/mol. The van der Waals surface area contributed by atoms with E-state index in [1.807, 2.05) is 30.3 Å². The summed E-state index contributed by atoms with van der Waals surface area (Å²) in [6, 6.07) is 14.7. The van der Waals surface area contributed by atoms with Gasteiger partial charge in [0, 0.05) is 30.1 Å². The molecule has 0 aliphatic heterocycles. The Morgan fingerprint density at radius 3 is 2.75 bits per heavy atom. The number of hydrogen-bond acceptors (Lipinski definition) is 4. The van der Waals surface area contributed by atoms with Crippen molar-refractivity contribution in [1.82, 2.24) is 10.3 Å². The molecule has 2 heterocycles. The molecule has 0 radical (unpaired) electrons. The number of aliphatic hydroxyl groups is 1. The number of furan rings is 1. The second-order valence-corrected chi connectivity index (χ2v) is 5.48. The summed E-state index contributed by atoms with van der Waals surface area (Å²) in [6.45, 7) is 1.90. The third-order valence-electron chi connectivity index (χ3n) is 3.66. The molecule has 1 aromatic carbocycles. The van der Waals surface area contributed by atoms with Crippen LogP contribution in [0.5, 0.6) is 0 Å². The van der Waals surface area contributed by atoms with Gasteiger partial charge in [-0.1, -0.05) is 36.4 Å². The number of aliphatic hydroxyl groups excluding tert-OH is 1. The Morgan fingerprint density at radius 1 is 1.25 bits per heavy atom. The maximum atomic E-state index is 12.5. The molecule has 2 N–H and O–H groups in total. The number of rotatable bonds is 5. The number of nitrogens with one attached hydrogen (secondary N) is 1. The summed E-state index contributed by atoms with van der Waals surface area (Å²) in [5.74, 6) is 0.905. The van der Waals surface area contributed by atoms with Crippen molar-refractivity contribution in [3.05, 3.63) is 77.8 Å². The number of aryl methyl sites for hydroxylation is 1. The van der Waals surface area contributed by atoms with E-state index in [0.29, 0.717) is 22.6 Å². The van der Waals surface area contributed by atoms with Crippen LogP contribution in [-0.4, -0.2) is 22.5 Å². The Balaban J connectivity index is 1.74. The van der Waals surface area contributed by atoms with E-state index in [2.05, 4.69) is 10.3 Å². The molecule has 24 heavy (non-hydrogen) atoms. The van der Waals surface area contributed by atoms with Gasteiger partial charge in [-0.15, -0.1) is 0 Å². The largest absolute Gasteiger partial charge is 0.461 e. The normalized spacial score (nSPS) is 11.9. The highest BCUT2D eigenvalue weighted by atomic mass is 16.3. The third-order valence-corrected chi connectivity index (χ3v) is 3.66. The quantitative estimate of drug-likeness (QED) is 0.757. The van der Waals surface area contributed by atoms with Crippen LogP contribution in [0.3, 0.4) is 0 Å². The predicted octanol–water partition coefficient (Wildman–Crippen LogP) is 3.11. The van der Waals surface area contributed by atoms with Crippen molar-refractivity contribution in [3.8, 4) is 11.3 Å². The van der Waals surface area contributed by atoms with Crippen LogP contribution in [0.4, 0.5) is 0 Å². The summed E-state index contributed by atoms with van der Waals surface area (Å²) in [4.78, 5) is 16.5. The Hall–Kier alpha value is -2.92. The molecule has 5 heteroatoms. The van der Waals surface area contributed by atoms with E-state index in [1.165, 1.54) is 0 Å². The molecule has 0 aliphatic rings. The molecule has 122 valence electrons. The monoisotopic (exact) mass is 322 g/mol. The highest BCUT2D eigenvalue weighted by molar-refractivity contribution is 5.99. The lowest BCUT2D eigenvalue weighted by Crippen LogP contribution is -2.28. The number of nitrogens with zero attached hydrogens (tertiary/aromatic N) is 1. The molecule has 0 spiro atoms. The molecule has 5 nitrogen and oxygen atoms in total. The average Bonchev–Trinajstić information content (AvgIpc) is 3.03. The maximum Gasteiger partial charge on any atom is 0.255 e. The zero-order chi connectivity index (χ0) is 16.9. The number of hydrogen-bond donors (Lipinski definition) is 2. The summed E-state index contributed by atoms with van der Waals surface area (Å²) in [5, 5.41) is 12.9. The number of amides is 1. The Kier molecular flexibility index (Phi) is 4.72. The van der Waals surface area contributed by atoms with E-state index in [9.17, 15) is 9.90 Å². The van der Waals surface area contributed by atoms with Crippen LogP contribution in [0.25, 0.3) is 11.3 Å². The minimum atomic E-state index is -0.809. The summed E-state index contributed by atoms with van der Waals surface area (Å²) in [7, 11) is 0. The molecule has 0 bridgehead atoms. The molecular formula is C19H18N2O3. The minimum Gasteiger partial charge on any atom is -0.461 e. The van der Waals surface area contributed by atoms with Crippen molar-refractivity contribution in [2.45, 2.75) is 13.0 Å². The molecular weight excluding hydrogens is 304 g/mol. The summed E-state index contributed by atoms with van der Waals surface area (Å²) in [6.07, 6.45) is 2.40. The first-order valence-corrected chi connectivity index (χ1v) is 7.67. The van der Waals surface area contributed by atoms with Gasteiger partial charge in [-0.05, 0) is 19.1 Å². The fourth-order valence-electron chi connectivity index (χ4n) is 2.46. The zero-order valence-corrected chi connectivity index (χ0v) is 13.3. The lowest BCUT2D eigenvalue weighted by atomic mass is 10.1. The Labute approximate surface area is 140 Å². The van der Waals surface area contributed by atoms with Gasteiger partial charge in [0.05, 0.1) is 11.7 Å². The van der Waals surface area contributed by atoms with E-state index < -0.39 is 6.10 Å². The van der Waals surface area contributed by atoms with Crippen LogP contribution >= 0.6 is 0 Å². The molecule has 1 atom stereocenters. The first kappa shape index (κ1) is 16.0. The molecule has 0 saturated heterocycles. The Bertz CT molecular complexity index is 813. The standard InChI is InChI=1S/C19H18N2O3/c1-13-10-16(18(24-13)14-6-3-2-4-7-14)19(23)21-12-17(22)15-8-5-9-20-11-15/h2-11,17,22H,12H2,1H3,(H,21,23). The number of carbonyl (C=O) groups excluding carboxylic acids is 1. The first-order chi connectivity index (χ1) is 11.6. The van der Waals surface area contributed by atoms with Crippen LogP contribution in [-0.2, 0) is 0 Å². The first-order valence-electron chi connectivity index (χ1n) is 7.67. The van der Waals surface area contributed by atoms with Crippen molar-refractivity contribution in [2.24, 2.45) is 0 Å². The van der Waals surface area contributed by atoms with Gasteiger partial charge in [-0.2, -0.15) is 0 Å². The average molecular weight is 322 g/mol. The van der Waals surface area contributed by atoms with Crippen molar-refractivity contribution in [3.63, 3.8) is 0 Å². The topological polar surface area (TPSA) is 75.4 Å². The lowest BCUT2D eigenvalue weighted by molar-refractivity contribution is 0.0916. The number of benzene rings is 1. The van der Waals surface area contributed by atoms with E-state index in [1.54, 1.807) is 37.5 Å². The number of aromatic nitrogens is 1. The molecule has 3 rings (SSSR count). The van der Waals surface area contributed by atoms with Gasteiger partial charge < -0.3 is 14.8 Å². The number of pyridine rings is 1. The van der Waals surface area contributed by atoms with Gasteiger partial charge in [-0.25, -0.2) is 0 Å². The van der Waals surface area contributed by atoms with E-state index in [4.69, 9.17) is 4.42 Å². The molecule has 1 unspecified atom stereocenters. The summed E-state index contributed by atoms with van der Waals surface area (Å²) >= 11 is 0. The van der Waals surface area contributed by atoms with Gasteiger partial charge in [0.15, 0.2) is 0 Å².